The normalized spacial score (nSPS) is 14.7. The lowest BCUT2D eigenvalue weighted by atomic mass is 10.2. The number of nitriles is 1. The first-order chi connectivity index (χ1) is 12.0. The van der Waals surface area contributed by atoms with Crippen LogP contribution in [0.1, 0.15) is 16.2 Å². The number of hydrogen-bond acceptors (Lipinski definition) is 8. The molecule has 1 aromatic carbocycles. The fourth-order valence-corrected chi connectivity index (χ4v) is 3.45. The number of para-hydroxylation sites is 1. The van der Waals surface area contributed by atoms with Crippen LogP contribution < -0.4 is 4.90 Å². The number of hydrogen-bond donors (Lipinski definition) is 0. The maximum absolute atomic E-state index is 12.4. The van der Waals surface area contributed by atoms with Gasteiger partial charge in [-0.1, -0.05) is 29.1 Å². The maximum Gasteiger partial charge on any atom is 0.377 e. The summed E-state index contributed by atoms with van der Waals surface area (Å²) in [5.74, 6) is -1.46. The molecular formula is C17H13N3O4S. The van der Waals surface area contributed by atoms with Crippen LogP contribution in [-0.4, -0.2) is 30.6 Å². The smallest absolute Gasteiger partial charge is 0.377 e. The highest BCUT2D eigenvalue weighted by Crippen LogP contribution is 2.46. The molecule has 0 saturated heterocycles. The highest BCUT2D eigenvalue weighted by molar-refractivity contribution is 8.03. The summed E-state index contributed by atoms with van der Waals surface area (Å²) in [7, 11) is 1.78. The number of benzene rings is 1. The minimum Gasteiger partial charge on any atom is -0.451 e. The number of thioether (sulfide) groups is 1. The lowest BCUT2D eigenvalue weighted by Gasteiger charge is -2.14. The van der Waals surface area contributed by atoms with Crippen LogP contribution in [0.3, 0.4) is 0 Å². The van der Waals surface area contributed by atoms with E-state index in [0.717, 1.165) is 10.6 Å². The molecule has 0 aliphatic carbocycles. The first-order valence-corrected chi connectivity index (χ1v) is 8.11. The van der Waals surface area contributed by atoms with Gasteiger partial charge in [-0.2, -0.15) is 5.26 Å². The Morgan fingerprint density at radius 1 is 1.40 bits per heavy atom. The molecule has 0 unspecified atom stereocenters. The molecule has 0 bridgehead atoms. The quantitative estimate of drug-likeness (QED) is 0.469. The molecule has 0 radical (unpaired) electrons. The Hall–Kier alpha value is -3.05. The van der Waals surface area contributed by atoms with Crippen molar-refractivity contribution in [2.75, 3.05) is 18.6 Å². The topological polar surface area (TPSA) is 96.4 Å². The van der Waals surface area contributed by atoms with Gasteiger partial charge in [-0.25, -0.2) is 4.79 Å². The van der Waals surface area contributed by atoms with Crippen LogP contribution in [0.25, 0.3) is 0 Å². The van der Waals surface area contributed by atoms with Crippen molar-refractivity contribution in [1.29, 1.82) is 5.26 Å². The summed E-state index contributed by atoms with van der Waals surface area (Å²) < 4.78 is 9.70. The largest absolute Gasteiger partial charge is 0.451 e. The number of fused-ring (bicyclic) bond motifs is 1. The van der Waals surface area contributed by atoms with Gasteiger partial charge in [0.2, 0.25) is 11.5 Å². The Kier molecular flexibility index (Phi) is 4.59. The van der Waals surface area contributed by atoms with Crippen molar-refractivity contribution >= 4 is 29.2 Å². The third-order valence-corrected chi connectivity index (χ3v) is 4.74. The number of ether oxygens (including phenoxy) is 1. The summed E-state index contributed by atoms with van der Waals surface area (Å²) in [5, 5.41) is 13.5. The number of aromatic nitrogens is 1. The number of esters is 1. The van der Waals surface area contributed by atoms with Crippen LogP contribution in [-0.2, 0) is 9.53 Å². The summed E-state index contributed by atoms with van der Waals surface area (Å²) in [6.07, 6.45) is 0. The van der Waals surface area contributed by atoms with Crippen molar-refractivity contribution in [3.8, 4) is 6.07 Å². The molecule has 25 heavy (non-hydrogen) atoms. The second kappa shape index (κ2) is 6.83. The standard InChI is InChI=1S/C17H13N3O4S/c1-10-7-14(24-19-10)17(22)23-9-13(21)11(8-18)16-20(2)12-5-3-4-6-15(12)25-16/h3-7H,9H2,1-2H3/b16-11-. The minimum atomic E-state index is -0.799. The molecule has 1 aliphatic rings. The van der Waals surface area contributed by atoms with E-state index in [0.29, 0.717) is 10.7 Å². The first kappa shape index (κ1) is 16.8. The molecule has 0 fully saturated rings. The van der Waals surface area contributed by atoms with Gasteiger partial charge in [0.05, 0.1) is 11.4 Å². The molecule has 2 heterocycles. The van der Waals surface area contributed by atoms with E-state index >= 15 is 0 Å². The molecule has 0 saturated carbocycles. The highest BCUT2D eigenvalue weighted by atomic mass is 32.2. The third-order valence-electron chi connectivity index (χ3n) is 3.51. The number of rotatable bonds is 4. The average Bonchev–Trinajstić information content (AvgIpc) is 3.18. The van der Waals surface area contributed by atoms with Crippen molar-refractivity contribution in [3.63, 3.8) is 0 Å². The summed E-state index contributed by atoms with van der Waals surface area (Å²) >= 11 is 1.33. The minimum absolute atomic E-state index is 0.0507. The number of carbonyl (C=O) groups excluding carboxylic acids is 2. The monoisotopic (exact) mass is 355 g/mol. The van der Waals surface area contributed by atoms with Gasteiger partial charge in [0.25, 0.3) is 0 Å². The van der Waals surface area contributed by atoms with E-state index < -0.39 is 18.4 Å². The molecule has 2 aromatic rings. The third kappa shape index (κ3) is 3.27. The fourth-order valence-electron chi connectivity index (χ4n) is 2.28. The van der Waals surface area contributed by atoms with Gasteiger partial charge in [-0.15, -0.1) is 0 Å². The molecule has 0 atom stereocenters. The van der Waals surface area contributed by atoms with Gasteiger partial charge >= 0.3 is 5.97 Å². The van der Waals surface area contributed by atoms with Crippen molar-refractivity contribution < 1.29 is 18.8 Å². The van der Waals surface area contributed by atoms with Gasteiger partial charge in [0, 0.05) is 18.0 Å². The lowest BCUT2D eigenvalue weighted by Crippen LogP contribution is -2.19. The van der Waals surface area contributed by atoms with Crippen molar-refractivity contribution in [1.82, 2.24) is 5.16 Å². The van der Waals surface area contributed by atoms with Gasteiger partial charge in [0.15, 0.2) is 6.61 Å². The highest BCUT2D eigenvalue weighted by Gasteiger charge is 2.28. The van der Waals surface area contributed by atoms with Crippen LogP contribution in [0.15, 0.2) is 50.4 Å². The van der Waals surface area contributed by atoms with Crippen LogP contribution in [0, 0.1) is 18.3 Å². The Morgan fingerprint density at radius 3 is 2.80 bits per heavy atom. The number of carbonyl (C=O) groups is 2. The van der Waals surface area contributed by atoms with Gasteiger partial charge < -0.3 is 14.2 Å². The van der Waals surface area contributed by atoms with Crippen LogP contribution in [0.2, 0.25) is 0 Å². The summed E-state index contributed by atoms with van der Waals surface area (Å²) in [5.41, 5.74) is 1.39. The number of Topliss-reactive ketones (excluding diaryl/α,β-unsaturated/α-hetero) is 1. The van der Waals surface area contributed by atoms with Gasteiger partial charge in [0.1, 0.15) is 16.7 Å². The predicted octanol–water partition coefficient (Wildman–Crippen LogP) is 2.69. The summed E-state index contributed by atoms with van der Waals surface area (Å²) in [4.78, 5) is 26.9. The Bertz CT molecular complexity index is 926. The molecule has 1 aliphatic heterocycles. The first-order valence-electron chi connectivity index (χ1n) is 7.30. The molecule has 0 N–H and O–H groups in total. The Labute approximate surface area is 147 Å². The second-order valence-electron chi connectivity index (χ2n) is 5.25. The van der Waals surface area contributed by atoms with E-state index in [4.69, 9.17) is 9.26 Å². The van der Waals surface area contributed by atoms with E-state index in [1.54, 1.807) is 18.9 Å². The van der Waals surface area contributed by atoms with E-state index in [-0.39, 0.29) is 11.3 Å². The van der Waals surface area contributed by atoms with E-state index in [9.17, 15) is 14.9 Å². The molecule has 126 valence electrons. The number of aryl methyl sites for hydroxylation is 1. The molecule has 0 amide bonds. The second-order valence-corrected chi connectivity index (χ2v) is 6.28. The average molecular weight is 355 g/mol. The molecule has 3 rings (SSSR count). The Morgan fingerprint density at radius 2 is 2.16 bits per heavy atom. The molecule has 1 aromatic heterocycles. The number of nitrogens with zero attached hydrogens (tertiary/aromatic N) is 3. The van der Waals surface area contributed by atoms with Crippen molar-refractivity contribution in [2.45, 2.75) is 11.8 Å². The van der Waals surface area contributed by atoms with E-state index in [1.165, 1.54) is 17.8 Å². The van der Waals surface area contributed by atoms with Gasteiger partial charge in [-0.3, -0.25) is 4.79 Å². The van der Waals surface area contributed by atoms with E-state index in [2.05, 4.69) is 5.16 Å². The maximum atomic E-state index is 12.4. The predicted molar refractivity (Wildman–Crippen MR) is 89.9 cm³/mol. The summed E-state index contributed by atoms with van der Waals surface area (Å²) in [6, 6.07) is 10.9. The van der Waals surface area contributed by atoms with Gasteiger partial charge in [-0.05, 0) is 19.1 Å². The van der Waals surface area contributed by atoms with Crippen molar-refractivity contribution in [3.05, 3.63) is 52.4 Å². The van der Waals surface area contributed by atoms with Crippen LogP contribution >= 0.6 is 11.8 Å². The zero-order chi connectivity index (χ0) is 18.0. The SMILES string of the molecule is Cc1cc(C(=O)OCC(=O)/C(C#N)=C2\Sc3ccccc3N2C)on1. The Balaban J connectivity index is 1.75. The number of ketones is 1. The molecule has 0 spiro atoms. The number of anilines is 1. The van der Waals surface area contributed by atoms with Crippen LogP contribution in [0.5, 0.6) is 0 Å². The molecule has 7 nitrogen and oxygen atoms in total. The van der Waals surface area contributed by atoms with Crippen molar-refractivity contribution in [2.24, 2.45) is 0 Å². The lowest BCUT2D eigenvalue weighted by molar-refractivity contribution is -0.118. The summed E-state index contributed by atoms with van der Waals surface area (Å²) in [6.45, 7) is 1.12. The van der Waals surface area contributed by atoms with Crippen LogP contribution in [0.4, 0.5) is 5.69 Å². The molecule has 8 heteroatoms. The fraction of sp³-hybridized carbons (Fsp3) is 0.176. The zero-order valence-electron chi connectivity index (χ0n) is 13.5. The zero-order valence-corrected chi connectivity index (χ0v) is 14.3. The molecular weight excluding hydrogens is 342 g/mol. The van der Waals surface area contributed by atoms with E-state index in [1.807, 2.05) is 30.3 Å².